The minimum absolute atomic E-state index is 0.0508. The van der Waals surface area contributed by atoms with Crippen molar-refractivity contribution in [2.75, 3.05) is 12.8 Å². The van der Waals surface area contributed by atoms with Gasteiger partial charge in [-0.25, -0.2) is 0 Å². The molecule has 2 N–H and O–H groups in total. The SMILES string of the molecule is CSc1nnc(SC(C)(C)CN)s1. The van der Waals surface area contributed by atoms with E-state index in [-0.39, 0.29) is 4.75 Å². The van der Waals surface area contributed by atoms with Gasteiger partial charge in [-0.3, -0.25) is 0 Å². The highest BCUT2D eigenvalue weighted by molar-refractivity contribution is 8.03. The second kappa shape index (κ2) is 4.63. The van der Waals surface area contributed by atoms with Crippen molar-refractivity contribution in [2.45, 2.75) is 27.3 Å². The summed E-state index contributed by atoms with van der Waals surface area (Å²) >= 11 is 4.94. The lowest BCUT2D eigenvalue weighted by Crippen LogP contribution is -2.26. The topological polar surface area (TPSA) is 51.8 Å². The quantitative estimate of drug-likeness (QED) is 0.810. The third-order valence-corrected chi connectivity index (χ3v) is 4.59. The fraction of sp³-hybridized carbons (Fsp3) is 0.714. The van der Waals surface area contributed by atoms with Crippen molar-refractivity contribution >= 4 is 34.9 Å². The summed E-state index contributed by atoms with van der Waals surface area (Å²) in [4.78, 5) is 0. The summed E-state index contributed by atoms with van der Waals surface area (Å²) in [5.41, 5.74) is 5.62. The molecule has 0 spiro atoms. The Morgan fingerprint density at radius 3 is 2.46 bits per heavy atom. The number of hydrogen-bond donors (Lipinski definition) is 1. The van der Waals surface area contributed by atoms with E-state index < -0.39 is 0 Å². The highest BCUT2D eigenvalue weighted by atomic mass is 32.2. The van der Waals surface area contributed by atoms with Crippen LogP contribution in [0.5, 0.6) is 0 Å². The van der Waals surface area contributed by atoms with Crippen LogP contribution in [0.3, 0.4) is 0 Å². The van der Waals surface area contributed by atoms with Crippen LogP contribution in [-0.4, -0.2) is 27.7 Å². The molecular formula is C7H13N3S3. The van der Waals surface area contributed by atoms with E-state index in [1.54, 1.807) is 34.9 Å². The second-order valence-corrected chi connectivity index (χ2v) is 7.09. The van der Waals surface area contributed by atoms with Crippen molar-refractivity contribution in [3.63, 3.8) is 0 Å². The van der Waals surface area contributed by atoms with Crippen molar-refractivity contribution in [3.8, 4) is 0 Å². The summed E-state index contributed by atoms with van der Waals surface area (Å²) in [6.45, 7) is 4.86. The first-order valence-electron chi connectivity index (χ1n) is 3.84. The number of aromatic nitrogens is 2. The van der Waals surface area contributed by atoms with Crippen LogP contribution in [0.25, 0.3) is 0 Å². The molecule has 1 aromatic rings. The summed E-state index contributed by atoms with van der Waals surface area (Å²) in [5, 5.41) is 8.10. The Balaban J connectivity index is 2.63. The molecular weight excluding hydrogens is 222 g/mol. The number of hydrogen-bond acceptors (Lipinski definition) is 6. The molecule has 0 saturated heterocycles. The molecule has 0 atom stereocenters. The lowest BCUT2D eigenvalue weighted by molar-refractivity contribution is 0.721. The van der Waals surface area contributed by atoms with Crippen LogP contribution in [0.1, 0.15) is 13.8 Å². The monoisotopic (exact) mass is 235 g/mol. The second-order valence-electron chi connectivity index (χ2n) is 3.10. The van der Waals surface area contributed by atoms with E-state index in [0.29, 0.717) is 6.54 Å². The molecule has 1 heterocycles. The maximum Gasteiger partial charge on any atom is 0.175 e. The van der Waals surface area contributed by atoms with Crippen LogP contribution in [0.4, 0.5) is 0 Å². The maximum atomic E-state index is 5.62. The van der Waals surface area contributed by atoms with Crippen LogP contribution < -0.4 is 5.73 Å². The van der Waals surface area contributed by atoms with E-state index in [9.17, 15) is 0 Å². The molecule has 3 nitrogen and oxygen atoms in total. The number of thioether (sulfide) groups is 2. The van der Waals surface area contributed by atoms with Crippen LogP contribution in [-0.2, 0) is 0 Å². The lowest BCUT2D eigenvalue weighted by Gasteiger charge is -2.18. The summed E-state index contributed by atoms with van der Waals surface area (Å²) in [5.74, 6) is 0. The first-order valence-corrected chi connectivity index (χ1v) is 6.70. The predicted octanol–water partition coefficient (Wildman–Crippen LogP) is 2.09. The van der Waals surface area contributed by atoms with Gasteiger partial charge in [0, 0.05) is 11.3 Å². The van der Waals surface area contributed by atoms with Crippen molar-refractivity contribution in [1.29, 1.82) is 0 Å². The lowest BCUT2D eigenvalue weighted by atomic mass is 10.2. The van der Waals surface area contributed by atoms with Crippen LogP contribution in [0, 0.1) is 0 Å². The molecule has 0 fully saturated rings. The van der Waals surface area contributed by atoms with Gasteiger partial charge in [0.2, 0.25) is 0 Å². The van der Waals surface area contributed by atoms with Gasteiger partial charge in [-0.15, -0.1) is 10.2 Å². The average molecular weight is 235 g/mol. The van der Waals surface area contributed by atoms with E-state index in [4.69, 9.17) is 5.73 Å². The van der Waals surface area contributed by atoms with E-state index in [0.717, 1.165) is 8.68 Å². The summed E-state index contributed by atoms with van der Waals surface area (Å²) in [7, 11) is 0. The van der Waals surface area contributed by atoms with E-state index in [1.165, 1.54) is 0 Å². The first kappa shape index (κ1) is 11.3. The Kier molecular flexibility index (Phi) is 4.03. The highest BCUT2D eigenvalue weighted by Crippen LogP contribution is 2.35. The molecule has 0 aromatic carbocycles. The van der Waals surface area contributed by atoms with Crippen molar-refractivity contribution in [2.24, 2.45) is 5.73 Å². The molecule has 1 rings (SSSR count). The smallest absolute Gasteiger partial charge is 0.175 e. The highest BCUT2D eigenvalue weighted by Gasteiger charge is 2.19. The van der Waals surface area contributed by atoms with Crippen LogP contribution >= 0.6 is 34.9 Å². The molecule has 0 unspecified atom stereocenters. The summed E-state index contributed by atoms with van der Waals surface area (Å²) < 4.78 is 2.06. The summed E-state index contributed by atoms with van der Waals surface area (Å²) in [6, 6.07) is 0. The maximum absolute atomic E-state index is 5.62. The van der Waals surface area contributed by atoms with Crippen LogP contribution in [0.2, 0.25) is 0 Å². The van der Waals surface area contributed by atoms with Gasteiger partial charge >= 0.3 is 0 Å². The Labute approximate surface area is 90.9 Å². The Morgan fingerprint density at radius 1 is 1.38 bits per heavy atom. The standard InChI is InChI=1S/C7H13N3S3/c1-7(2,4-8)13-6-10-9-5(11-3)12-6/h4,8H2,1-3H3. The van der Waals surface area contributed by atoms with Gasteiger partial charge in [-0.1, -0.05) is 34.9 Å². The van der Waals surface area contributed by atoms with Gasteiger partial charge < -0.3 is 5.73 Å². The molecule has 0 aliphatic carbocycles. The van der Waals surface area contributed by atoms with Gasteiger partial charge in [0.15, 0.2) is 8.68 Å². The first-order chi connectivity index (χ1) is 6.07. The van der Waals surface area contributed by atoms with Gasteiger partial charge in [0.25, 0.3) is 0 Å². The van der Waals surface area contributed by atoms with E-state index in [1.807, 2.05) is 6.26 Å². The molecule has 1 aromatic heterocycles. The third-order valence-electron chi connectivity index (χ3n) is 1.42. The molecule has 0 bridgehead atoms. The number of nitrogens with zero attached hydrogens (tertiary/aromatic N) is 2. The zero-order valence-corrected chi connectivity index (χ0v) is 10.4. The van der Waals surface area contributed by atoms with Crippen molar-refractivity contribution < 1.29 is 0 Å². The summed E-state index contributed by atoms with van der Waals surface area (Å²) in [6.07, 6.45) is 2.00. The predicted molar refractivity (Wildman–Crippen MR) is 60.7 cm³/mol. The number of nitrogens with two attached hydrogens (primary N) is 1. The molecule has 6 heteroatoms. The Morgan fingerprint density at radius 2 is 2.00 bits per heavy atom. The zero-order valence-electron chi connectivity index (χ0n) is 7.90. The molecule has 0 aliphatic rings. The van der Waals surface area contributed by atoms with E-state index >= 15 is 0 Å². The molecule has 0 amide bonds. The molecule has 74 valence electrons. The molecule has 13 heavy (non-hydrogen) atoms. The third kappa shape index (κ3) is 3.46. The molecule has 0 radical (unpaired) electrons. The minimum atomic E-state index is 0.0508. The fourth-order valence-electron chi connectivity index (χ4n) is 0.599. The minimum Gasteiger partial charge on any atom is -0.329 e. The van der Waals surface area contributed by atoms with Crippen molar-refractivity contribution in [3.05, 3.63) is 0 Å². The Hall–Kier alpha value is 0.220. The van der Waals surface area contributed by atoms with E-state index in [2.05, 4.69) is 24.0 Å². The van der Waals surface area contributed by atoms with Gasteiger partial charge in [0.05, 0.1) is 0 Å². The van der Waals surface area contributed by atoms with Crippen LogP contribution in [0.15, 0.2) is 8.68 Å². The number of rotatable bonds is 4. The zero-order chi connectivity index (χ0) is 9.90. The molecule has 0 aliphatic heterocycles. The Bertz CT molecular complexity index is 272. The van der Waals surface area contributed by atoms with Crippen molar-refractivity contribution in [1.82, 2.24) is 10.2 Å². The molecule has 0 saturated carbocycles. The normalized spacial score (nSPS) is 12.0. The fourth-order valence-corrected chi connectivity index (χ4v) is 3.48. The van der Waals surface area contributed by atoms with Gasteiger partial charge in [0.1, 0.15) is 0 Å². The van der Waals surface area contributed by atoms with Gasteiger partial charge in [-0.05, 0) is 20.1 Å². The average Bonchev–Trinajstić information content (AvgIpc) is 2.52. The largest absolute Gasteiger partial charge is 0.329 e. The van der Waals surface area contributed by atoms with Gasteiger partial charge in [-0.2, -0.15) is 0 Å².